The van der Waals surface area contributed by atoms with E-state index < -0.39 is 0 Å². The van der Waals surface area contributed by atoms with Crippen molar-refractivity contribution in [2.24, 2.45) is 0 Å². The Kier molecular flexibility index (Phi) is 6.79. The molecule has 0 heterocycles. The Bertz CT molecular complexity index is 213. The molecule has 1 rings (SSSR count). The van der Waals surface area contributed by atoms with Crippen LogP contribution in [0.25, 0.3) is 0 Å². The molecule has 2 heteroatoms. The molecule has 0 radical (unpaired) electrons. The molecule has 0 aromatic carbocycles. The third kappa shape index (κ3) is 5.20. The Balaban J connectivity index is 2.01. The van der Waals surface area contributed by atoms with Crippen molar-refractivity contribution < 1.29 is 9.53 Å². The van der Waals surface area contributed by atoms with Crippen molar-refractivity contribution in [1.29, 1.82) is 0 Å². The van der Waals surface area contributed by atoms with E-state index in [0.717, 1.165) is 25.7 Å². The highest BCUT2D eigenvalue weighted by Crippen LogP contribution is 2.38. The fraction of sp³-hybridized carbons (Fsp3) is 0.933. The molecule has 100 valence electrons. The van der Waals surface area contributed by atoms with E-state index >= 15 is 0 Å². The molecule has 2 nitrogen and oxygen atoms in total. The van der Waals surface area contributed by atoms with Crippen LogP contribution in [-0.2, 0) is 9.53 Å². The summed E-state index contributed by atoms with van der Waals surface area (Å²) in [5.41, 5.74) is -0.0701. The van der Waals surface area contributed by atoms with Crippen LogP contribution in [0.3, 0.4) is 0 Å². The molecule has 0 aliphatic heterocycles. The Morgan fingerprint density at radius 3 is 2.29 bits per heavy atom. The minimum atomic E-state index is -0.0701. The predicted molar refractivity (Wildman–Crippen MR) is 71.2 cm³/mol. The van der Waals surface area contributed by atoms with E-state index in [2.05, 4.69) is 6.92 Å². The monoisotopic (exact) mass is 240 g/mol. The largest absolute Gasteiger partial charge is 0.378 e. The number of hydrogen-bond acceptors (Lipinski definition) is 2. The van der Waals surface area contributed by atoms with Gasteiger partial charge in [-0.2, -0.15) is 0 Å². The van der Waals surface area contributed by atoms with Crippen molar-refractivity contribution in [2.75, 3.05) is 7.11 Å². The summed E-state index contributed by atoms with van der Waals surface area (Å²) in [7, 11) is 1.75. The third-order valence-electron chi connectivity index (χ3n) is 4.03. The van der Waals surface area contributed by atoms with Gasteiger partial charge in [0.05, 0.1) is 5.60 Å². The molecule has 1 aliphatic rings. The Morgan fingerprint density at radius 1 is 1.12 bits per heavy atom. The average Bonchev–Trinajstić information content (AvgIpc) is 2.28. The molecule has 0 amide bonds. The van der Waals surface area contributed by atoms with E-state index in [9.17, 15) is 4.79 Å². The first-order valence-corrected chi connectivity index (χ1v) is 7.29. The summed E-state index contributed by atoms with van der Waals surface area (Å²) in [6.45, 7) is 2.23. The van der Waals surface area contributed by atoms with Gasteiger partial charge in [-0.25, -0.2) is 0 Å². The minimum absolute atomic E-state index is 0.0701. The Labute approximate surface area is 106 Å². The van der Waals surface area contributed by atoms with Crippen LogP contribution in [0.1, 0.15) is 77.6 Å². The van der Waals surface area contributed by atoms with Crippen LogP contribution in [0.5, 0.6) is 0 Å². The fourth-order valence-corrected chi connectivity index (χ4v) is 2.57. The van der Waals surface area contributed by atoms with Crippen LogP contribution < -0.4 is 0 Å². The highest BCUT2D eigenvalue weighted by Gasteiger charge is 2.38. The lowest BCUT2D eigenvalue weighted by Crippen LogP contribution is -2.41. The second-order valence-electron chi connectivity index (χ2n) is 5.47. The zero-order valence-corrected chi connectivity index (χ0v) is 11.6. The molecule has 0 N–H and O–H groups in total. The highest BCUT2D eigenvalue weighted by molar-refractivity contribution is 5.79. The van der Waals surface area contributed by atoms with Gasteiger partial charge in [-0.3, -0.25) is 4.79 Å². The molecule has 1 aliphatic carbocycles. The van der Waals surface area contributed by atoms with E-state index in [4.69, 9.17) is 4.74 Å². The summed E-state index contributed by atoms with van der Waals surface area (Å²) in [6, 6.07) is 0. The summed E-state index contributed by atoms with van der Waals surface area (Å²) in [5.74, 6) is 0.405. The zero-order valence-electron chi connectivity index (χ0n) is 11.6. The number of ether oxygens (including phenoxy) is 1. The summed E-state index contributed by atoms with van der Waals surface area (Å²) in [5, 5.41) is 0. The molecular formula is C15H28O2. The number of hydrogen-bond donors (Lipinski definition) is 0. The number of carbonyl (C=O) groups is 1. The number of ketones is 1. The van der Waals surface area contributed by atoms with Gasteiger partial charge in [0.15, 0.2) is 0 Å². The summed E-state index contributed by atoms with van der Waals surface area (Å²) < 4.78 is 5.48. The number of carbonyl (C=O) groups excluding carboxylic acids is 1. The van der Waals surface area contributed by atoms with Crippen LogP contribution >= 0.6 is 0 Å². The van der Waals surface area contributed by atoms with Crippen molar-refractivity contribution >= 4 is 5.78 Å². The summed E-state index contributed by atoms with van der Waals surface area (Å²) in [6.07, 6.45) is 12.3. The lowest BCUT2D eigenvalue weighted by Gasteiger charge is -2.40. The van der Waals surface area contributed by atoms with E-state index in [1.807, 2.05) is 0 Å². The minimum Gasteiger partial charge on any atom is -0.378 e. The first-order chi connectivity index (χ1) is 8.22. The fourth-order valence-electron chi connectivity index (χ4n) is 2.57. The maximum absolute atomic E-state index is 11.8. The second-order valence-corrected chi connectivity index (χ2v) is 5.47. The molecule has 0 saturated heterocycles. The lowest BCUT2D eigenvalue weighted by molar-refractivity contribution is -0.132. The zero-order chi connectivity index (χ0) is 12.6. The smallest absolute Gasteiger partial charge is 0.135 e. The van der Waals surface area contributed by atoms with Crippen molar-refractivity contribution in [2.45, 2.75) is 83.2 Å². The van der Waals surface area contributed by atoms with Crippen molar-refractivity contribution in [3.8, 4) is 0 Å². The molecule has 0 aromatic rings. The van der Waals surface area contributed by atoms with Crippen LogP contribution in [0.15, 0.2) is 0 Å². The maximum atomic E-state index is 11.8. The Hall–Kier alpha value is -0.370. The van der Waals surface area contributed by atoms with Gasteiger partial charge in [0, 0.05) is 20.0 Å². The van der Waals surface area contributed by atoms with Gasteiger partial charge < -0.3 is 4.74 Å². The van der Waals surface area contributed by atoms with Gasteiger partial charge in [0.2, 0.25) is 0 Å². The van der Waals surface area contributed by atoms with E-state index in [-0.39, 0.29) is 5.60 Å². The van der Waals surface area contributed by atoms with Crippen LogP contribution in [0, 0.1) is 0 Å². The summed E-state index contributed by atoms with van der Waals surface area (Å²) in [4.78, 5) is 11.8. The van der Waals surface area contributed by atoms with Gasteiger partial charge in [0.25, 0.3) is 0 Å². The van der Waals surface area contributed by atoms with Crippen molar-refractivity contribution in [1.82, 2.24) is 0 Å². The van der Waals surface area contributed by atoms with E-state index in [1.165, 1.54) is 38.5 Å². The van der Waals surface area contributed by atoms with Crippen molar-refractivity contribution in [3.05, 3.63) is 0 Å². The predicted octanol–water partition coefficient (Wildman–Crippen LogP) is 4.27. The molecule has 1 saturated carbocycles. The van der Waals surface area contributed by atoms with Gasteiger partial charge >= 0.3 is 0 Å². The van der Waals surface area contributed by atoms with Gasteiger partial charge in [-0.1, -0.05) is 39.0 Å². The standard InChI is InChI=1S/C15H28O2/c1-3-4-5-6-7-8-10-14(16)13-15(17-2)11-9-12-15/h3-13H2,1-2H3. The van der Waals surface area contributed by atoms with Crippen molar-refractivity contribution in [3.63, 3.8) is 0 Å². The molecule has 1 fully saturated rings. The van der Waals surface area contributed by atoms with Gasteiger partial charge in [0.1, 0.15) is 5.78 Å². The topological polar surface area (TPSA) is 26.3 Å². The number of rotatable bonds is 10. The molecule has 0 aromatic heterocycles. The van der Waals surface area contributed by atoms with Gasteiger partial charge in [-0.15, -0.1) is 0 Å². The Morgan fingerprint density at radius 2 is 1.76 bits per heavy atom. The quantitative estimate of drug-likeness (QED) is 0.533. The maximum Gasteiger partial charge on any atom is 0.135 e. The van der Waals surface area contributed by atoms with E-state index in [1.54, 1.807) is 7.11 Å². The SMILES string of the molecule is CCCCCCCCC(=O)CC1(OC)CCC1. The van der Waals surface area contributed by atoms with Gasteiger partial charge in [-0.05, 0) is 25.7 Å². The lowest BCUT2D eigenvalue weighted by atomic mass is 9.76. The highest BCUT2D eigenvalue weighted by atomic mass is 16.5. The molecule has 0 atom stereocenters. The molecule has 0 spiro atoms. The second kappa shape index (κ2) is 7.86. The number of unbranched alkanes of at least 4 members (excludes halogenated alkanes) is 5. The van der Waals surface area contributed by atoms with Crippen LogP contribution in [-0.4, -0.2) is 18.5 Å². The first-order valence-electron chi connectivity index (χ1n) is 7.29. The first kappa shape index (κ1) is 14.7. The molecular weight excluding hydrogens is 212 g/mol. The summed E-state index contributed by atoms with van der Waals surface area (Å²) >= 11 is 0. The number of Topliss-reactive ketones (excluding diaryl/α,β-unsaturated/α-hetero) is 1. The van der Waals surface area contributed by atoms with Crippen LogP contribution in [0.2, 0.25) is 0 Å². The molecule has 17 heavy (non-hydrogen) atoms. The molecule has 0 unspecified atom stereocenters. The van der Waals surface area contributed by atoms with E-state index in [0.29, 0.717) is 12.2 Å². The third-order valence-corrected chi connectivity index (χ3v) is 4.03. The number of methoxy groups -OCH3 is 1. The molecule has 0 bridgehead atoms. The normalized spacial score (nSPS) is 17.8. The average molecular weight is 240 g/mol. The van der Waals surface area contributed by atoms with Crippen LogP contribution in [0.4, 0.5) is 0 Å².